The van der Waals surface area contributed by atoms with Gasteiger partial charge < -0.3 is 5.73 Å². The summed E-state index contributed by atoms with van der Waals surface area (Å²) in [7, 11) is 0. The summed E-state index contributed by atoms with van der Waals surface area (Å²) in [5, 5.41) is 0. The Bertz CT molecular complexity index is 268. The van der Waals surface area contributed by atoms with Crippen molar-refractivity contribution in [2.75, 3.05) is 13.1 Å². The van der Waals surface area contributed by atoms with Crippen LogP contribution in [-0.2, 0) is 0 Å². The Morgan fingerprint density at radius 3 is 2.42 bits per heavy atom. The van der Waals surface area contributed by atoms with Gasteiger partial charge in [0, 0.05) is 24.5 Å². The van der Waals surface area contributed by atoms with E-state index in [0.717, 1.165) is 25.8 Å². The highest BCUT2D eigenvalue weighted by Gasteiger charge is 2.37. The average Bonchev–Trinajstić information content (AvgIpc) is 2.37. The molecule has 0 saturated carbocycles. The molecule has 0 aromatic carbocycles. The second-order valence-electron chi connectivity index (χ2n) is 5.92. The first kappa shape index (κ1) is 16.8. The van der Waals surface area contributed by atoms with Crippen LogP contribution in [0.1, 0.15) is 58.8 Å². The SMILES string of the molecule is CCC1CCCCN1C(C)(CN)CCCC(F)(F)F. The topological polar surface area (TPSA) is 29.3 Å². The number of nitrogens with two attached hydrogens (primary N) is 1. The molecule has 5 heteroatoms. The van der Waals surface area contributed by atoms with Crippen molar-refractivity contribution in [3.05, 3.63) is 0 Å². The molecule has 0 spiro atoms. The van der Waals surface area contributed by atoms with Crippen molar-refractivity contribution < 1.29 is 13.2 Å². The van der Waals surface area contributed by atoms with Crippen molar-refractivity contribution in [2.45, 2.75) is 76.6 Å². The monoisotopic (exact) mass is 280 g/mol. The predicted molar refractivity (Wildman–Crippen MR) is 72.0 cm³/mol. The van der Waals surface area contributed by atoms with Gasteiger partial charge >= 0.3 is 6.18 Å². The van der Waals surface area contributed by atoms with Crippen molar-refractivity contribution in [2.24, 2.45) is 5.73 Å². The third-order valence-electron chi connectivity index (χ3n) is 4.41. The van der Waals surface area contributed by atoms with Gasteiger partial charge in [0.05, 0.1) is 0 Å². The lowest BCUT2D eigenvalue weighted by atomic mass is 9.87. The van der Waals surface area contributed by atoms with Crippen LogP contribution in [0.25, 0.3) is 0 Å². The summed E-state index contributed by atoms with van der Waals surface area (Å²) < 4.78 is 36.8. The molecule has 1 rings (SSSR count). The Morgan fingerprint density at radius 2 is 1.89 bits per heavy atom. The van der Waals surface area contributed by atoms with Crippen LogP contribution in [-0.4, -0.2) is 35.7 Å². The summed E-state index contributed by atoms with van der Waals surface area (Å²) in [4.78, 5) is 2.37. The maximum atomic E-state index is 12.3. The predicted octanol–water partition coefficient (Wildman–Crippen LogP) is 3.70. The first-order chi connectivity index (χ1) is 8.82. The number of piperidine rings is 1. The van der Waals surface area contributed by atoms with Crippen LogP contribution in [0.15, 0.2) is 0 Å². The number of hydrogen-bond donors (Lipinski definition) is 1. The number of nitrogens with zero attached hydrogens (tertiary/aromatic N) is 1. The smallest absolute Gasteiger partial charge is 0.329 e. The van der Waals surface area contributed by atoms with Gasteiger partial charge in [-0.25, -0.2) is 0 Å². The molecule has 0 radical (unpaired) electrons. The molecule has 0 amide bonds. The van der Waals surface area contributed by atoms with Gasteiger partial charge in [0.2, 0.25) is 0 Å². The van der Waals surface area contributed by atoms with E-state index >= 15 is 0 Å². The van der Waals surface area contributed by atoms with Crippen molar-refractivity contribution in [1.82, 2.24) is 4.90 Å². The molecule has 114 valence electrons. The van der Waals surface area contributed by atoms with Gasteiger partial charge in [-0.1, -0.05) is 13.3 Å². The van der Waals surface area contributed by atoms with Crippen LogP contribution in [0, 0.1) is 0 Å². The molecular weight excluding hydrogens is 253 g/mol. The average molecular weight is 280 g/mol. The lowest BCUT2D eigenvalue weighted by Crippen LogP contribution is -2.57. The van der Waals surface area contributed by atoms with E-state index in [9.17, 15) is 13.2 Å². The van der Waals surface area contributed by atoms with Gasteiger partial charge in [-0.15, -0.1) is 0 Å². The highest BCUT2D eigenvalue weighted by molar-refractivity contribution is 4.93. The number of alkyl halides is 3. The largest absolute Gasteiger partial charge is 0.389 e. The van der Waals surface area contributed by atoms with Gasteiger partial charge in [-0.3, -0.25) is 4.90 Å². The maximum absolute atomic E-state index is 12.3. The fraction of sp³-hybridized carbons (Fsp3) is 1.00. The minimum Gasteiger partial charge on any atom is -0.329 e. The van der Waals surface area contributed by atoms with E-state index in [4.69, 9.17) is 5.73 Å². The van der Waals surface area contributed by atoms with E-state index in [1.165, 1.54) is 6.42 Å². The Labute approximate surface area is 114 Å². The van der Waals surface area contributed by atoms with Gasteiger partial charge in [0.25, 0.3) is 0 Å². The number of halogens is 3. The van der Waals surface area contributed by atoms with Crippen molar-refractivity contribution in [3.8, 4) is 0 Å². The van der Waals surface area contributed by atoms with E-state index < -0.39 is 12.6 Å². The van der Waals surface area contributed by atoms with E-state index in [1.54, 1.807) is 0 Å². The minimum atomic E-state index is -4.05. The Balaban J connectivity index is 2.61. The third-order valence-corrected chi connectivity index (χ3v) is 4.41. The number of rotatable bonds is 6. The second kappa shape index (κ2) is 6.93. The van der Waals surface area contributed by atoms with E-state index in [0.29, 0.717) is 19.0 Å². The summed E-state index contributed by atoms with van der Waals surface area (Å²) in [6, 6.07) is 0.480. The van der Waals surface area contributed by atoms with Gasteiger partial charge in [-0.2, -0.15) is 13.2 Å². The standard InChI is InChI=1S/C14H27F3N2/c1-3-12-7-4-5-10-19(12)13(2,11-18)8-6-9-14(15,16)17/h12H,3-11,18H2,1-2H3. The molecule has 2 N–H and O–H groups in total. The van der Waals surface area contributed by atoms with E-state index in [-0.39, 0.29) is 12.0 Å². The van der Waals surface area contributed by atoms with Gasteiger partial charge in [0.15, 0.2) is 0 Å². The zero-order valence-electron chi connectivity index (χ0n) is 12.1. The highest BCUT2D eigenvalue weighted by atomic mass is 19.4. The van der Waals surface area contributed by atoms with Gasteiger partial charge in [-0.05, 0) is 45.6 Å². The third kappa shape index (κ3) is 4.95. The first-order valence-corrected chi connectivity index (χ1v) is 7.36. The molecule has 0 aromatic rings. The van der Waals surface area contributed by atoms with Crippen LogP contribution in [0.2, 0.25) is 0 Å². The van der Waals surface area contributed by atoms with Crippen molar-refractivity contribution >= 4 is 0 Å². The molecule has 2 unspecified atom stereocenters. The van der Waals surface area contributed by atoms with Crippen LogP contribution < -0.4 is 5.73 Å². The summed E-state index contributed by atoms with van der Waals surface area (Å²) in [5.41, 5.74) is 5.60. The molecule has 1 aliphatic rings. The Kier molecular flexibility index (Phi) is 6.12. The number of likely N-dealkylation sites (tertiary alicyclic amines) is 1. The molecule has 0 aromatic heterocycles. The van der Waals surface area contributed by atoms with Gasteiger partial charge in [0.1, 0.15) is 0 Å². The quantitative estimate of drug-likeness (QED) is 0.804. The Morgan fingerprint density at radius 1 is 1.21 bits per heavy atom. The molecule has 2 atom stereocenters. The number of hydrogen-bond acceptors (Lipinski definition) is 2. The fourth-order valence-electron chi connectivity index (χ4n) is 3.17. The zero-order chi connectivity index (χ0) is 14.5. The molecule has 0 bridgehead atoms. The molecule has 0 aliphatic carbocycles. The highest BCUT2D eigenvalue weighted by Crippen LogP contribution is 2.32. The molecule has 19 heavy (non-hydrogen) atoms. The van der Waals surface area contributed by atoms with Crippen LogP contribution in [0.5, 0.6) is 0 Å². The maximum Gasteiger partial charge on any atom is 0.389 e. The lowest BCUT2D eigenvalue weighted by molar-refractivity contribution is -0.137. The van der Waals surface area contributed by atoms with E-state index in [2.05, 4.69) is 11.8 Å². The van der Waals surface area contributed by atoms with Crippen molar-refractivity contribution in [3.63, 3.8) is 0 Å². The Hall–Kier alpha value is -0.290. The minimum absolute atomic E-state index is 0.171. The molecule has 1 aliphatic heterocycles. The molecule has 2 nitrogen and oxygen atoms in total. The first-order valence-electron chi connectivity index (χ1n) is 7.36. The normalized spacial score (nSPS) is 25.3. The molecular formula is C14H27F3N2. The molecule has 1 fully saturated rings. The summed E-state index contributed by atoms with van der Waals surface area (Å²) >= 11 is 0. The van der Waals surface area contributed by atoms with Crippen LogP contribution in [0.3, 0.4) is 0 Å². The van der Waals surface area contributed by atoms with Crippen LogP contribution >= 0.6 is 0 Å². The van der Waals surface area contributed by atoms with E-state index in [1.807, 2.05) is 6.92 Å². The van der Waals surface area contributed by atoms with Crippen LogP contribution in [0.4, 0.5) is 13.2 Å². The second-order valence-corrected chi connectivity index (χ2v) is 5.92. The summed E-state index contributed by atoms with van der Waals surface area (Å²) in [6.45, 7) is 5.58. The summed E-state index contributed by atoms with van der Waals surface area (Å²) in [6.07, 6.45) is 0.488. The summed E-state index contributed by atoms with van der Waals surface area (Å²) in [5.74, 6) is 0. The zero-order valence-corrected chi connectivity index (χ0v) is 12.1. The van der Waals surface area contributed by atoms with Crippen molar-refractivity contribution in [1.29, 1.82) is 0 Å². The lowest BCUT2D eigenvalue weighted by Gasteiger charge is -2.48. The molecule has 1 heterocycles. The fourth-order valence-corrected chi connectivity index (χ4v) is 3.17. The molecule has 1 saturated heterocycles.